The molecule has 2 rings (SSSR count). The van der Waals surface area contributed by atoms with Gasteiger partial charge in [-0.15, -0.1) is 11.3 Å². The van der Waals surface area contributed by atoms with Crippen LogP contribution in [0, 0.1) is 25.2 Å². The van der Waals surface area contributed by atoms with Crippen molar-refractivity contribution in [2.24, 2.45) is 0 Å². The van der Waals surface area contributed by atoms with Crippen LogP contribution in [0.4, 0.5) is 0 Å². The molecule has 0 fully saturated rings. The summed E-state index contributed by atoms with van der Waals surface area (Å²) in [6.45, 7) is 6.72. The predicted molar refractivity (Wildman–Crippen MR) is 83.1 cm³/mol. The van der Waals surface area contributed by atoms with E-state index in [2.05, 4.69) is 27.9 Å². The molecular formula is C14H17ClN4S. The Morgan fingerprint density at radius 1 is 1.40 bits per heavy atom. The van der Waals surface area contributed by atoms with Crippen molar-refractivity contribution < 1.29 is 0 Å². The number of hydrogen-bond acceptors (Lipinski definition) is 5. The average molecular weight is 309 g/mol. The Morgan fingerprint density at radius 2 is 2.10 bits per heavy atom. The SMILES string of the molecule is Cc1sc2nc(CN(C)C(C)CC#N)nc(Cl)c2c1C. The first-order valence-electron chi connectivity index (χ1n) is 6.43. The maximum Gasteiger partial charge on any atom is 0.145 e. The van der Waals surface area contributed by atoms with Gasteiger partial charge in [-0.05, 0) is 33.4 Å². The zero-order valence-corrected chi connectivity index (χ0v) is 13.6. The van der Waals surface area contributed by atoms with Crippen LogP contribution in [0.25, 0.3) is 10.2 Å². The number of aromatic nitrogens is 2. The molecule has 0 bridgehead atoms. The Kier molecular flexibility index (Phi) is 4.59. The summed E-state index contributed by atoms with van der Waals surface area (Å²) in [7, 11) is 1.97. The first-order valence-corrected chi connectivity index (χ1v) is 7.62. The standard InChI is InChI=1S/C14H17ClN4S/c1-8(5-6-16)19(4)7-11-17-13(15)12-9(2)10(3)20-14(12)18-11/h8H,5,7H2,1-4H3. The molecule has 20 heavy (non-hydrogen) atoms. The van der Waals surface area contributed by atoms with E-state index in [1.807, 2.05) is 20.9 Å². The van der Waals surface area contributed by atoms with Crippen LogP contribution in [0.15, 0.2) is 0 Å². The molecule has 106 valence electrons. The predicted octanol–water partition coefficient (Wildman–Crippen LogP) is 3.70. The summed E-state index contributed by atoms with van der Waals surface area (Å²) in [4.78, 5) is 13.2. The van der Waals surface area contributed by atoms with Gasteiger partial charge < -0.3 is 0 Å². The Morgan fingerprint density at radius 3 is 2.75 bits per heavy atom. The normalized spacial score (nSPS) is 12.8. The van der Waals surface area contributed by atoms with Gasteiger partial charge in [-0.2, -0.15) is 5.26 Å². The van der Waals surface area contributed by atoms with E-state index >= 15 is 0 Å². The van der Waals surface area contributed by atoms with Crippen molar-refractivity contribution in [2.75, 3.05) is 7.05 Å². The van der Waals surface area contributed by atoms with E-state index in [0.29, 0.717) is 23.9 Å². The highest BCUT2D eigenvalue weighted by Gasteiger charge is 2.15. The van der Waals surface area contributed by atoms with Crippen molar-refractivity contribution in [3.63, 3.8) is 0 Å². The summed E-state index contributed by atoms with van der Waals surface area (Å²) in [5.74, 6) is 0.705. The second-order valence-electron chi connectivity index (χ2n) is 5.02. The van der Waals surface area contributed by atoms with Crippen molar-refractivity contribution in [3.8, 4) is 6.07 Å². The number of rotatable bonds is 4. The second kappa shape index (κ2) is 6.04. The average Bonchev–Trinajstić information content (AvgIpc) is 2.65. The molecular weight excluding hydrogens is 292 g/mol. The molecule has 2 aromatic heterocycles. The van der Waals surface area contributed by atoms with Crippen LogP contribution < -0.4 is 0 Å². The van der Waals surface area contributed by atoms with Gasteiger partial charge in [-0.3, -0.25) is 4.90 Å². The number of halogens is 1. The van der Waals surface area contributed by atoms with Gasteiger partial charge in [-0.1, -0.05) is 11.6 Å². The minimum Gasteiger partial charge on any atom is -0.295 e. The molecule has 0 spiro atoms. The topological polar surface area (TPSA) is 52.8 Å². The third-order valence-electron chi connectivity index (χ3n) is 3.56. The second-order valence-corrected chi connectivity index (χ2v) is 6.58. The fourth-order valence-corrected chi connectivity index (χ4v) is 3.41. The molecule has 4 nitrogen and oxygen atoms in total. The fourth-order valence-electron chi connectivity index (χ4n) is 1.98. The lowest BCUT2D eigenvalue weighted by molar-refractivity contribution is 0.246. The van der Waals surface area contributed by atoms with Gasteiger partial charge in [0.2, 0.25) is 0 Å². The molecule has 0 aliphatic rings. The molecule has 0 saturated heterocycles. The van der Waals surface area contributed by atoms with Gasteiger partial charge >= 0.3 is 0 Å². The molecule has 0 aromatic carbocycles. The summed E-state index contributed by atoms with van der Waals surface area (Å²) in [6.07, 6.45) is 0.490. The molecule has 1 atom stereocenters. The molecule has 2 heterocycles. The first-order chi connectivity index (χ1) is 9.43. The van der Waals surface area contributed by atoms with Gasteiger partial charge in [-0.25, -0.2) is 9.97 Å². The molecule has 0 N–H and O–H groups in total. The molecule has 2 aromatic rings. The van der Waals surface area contributed by atoms with E-state index in [-0.39, 0.29) is 6.04 Å². The number of hydrogen-bond donors (Lipinski definition) is 0. The monoisotopic (exact) mass is 308 g/mol. The van der Waals surface area contributed by atoms with Crippen molar-refractivity contribution in [1.29, 1.82) is 5.26 Å². The lowest BCUT2D eigenvalue weighted by atomic mass is 10.2. The summed E-state index contributed by atoms with van der Waals surface area (Å²) >= 11 is 7.94. The first kappa shape index (κ1) is 15.2. The maximum absolute atomic E-state index is 8.74. The van der Waals surface area contributed by atoms with Crippen LogP contribution in [0.5, 0.6) is 0 Å². The molecule has 6 heteroatoms. The molecule has 0 radical (unpaired) electrons. The minimum atomic E-state index is 0.171. The van der Waals surface area contributed by atoms with Gasteiger partial charge in [0.25, 0.3) is 0 Å². The molecule has 0 amide bonds. The number of aryl methyl sites for hydroxylation is 2. The summed E-state index contributed by atoms with van der Waals surface area (Å²) in [6, 6.07) is 2.35. The third-order valence-corrected chi connectivity index (χ3v) is 4.94. The summed E-state index contributed by atoms with van der Waals surface area (Å²) < 4.78 is 0. The fraction of sp³-hybridized carbons (Fsp3) is 0.500. The minimum absolute atomic E-state index is 0.171. The molecule has 0 aliphatic carbocycles. The van der Waals surface area contributed by atoms with Crippen LogP contribution >= 0.6 is 22.9 Å². The zero-order valence-electron chi connectivity index (χ0n) is 12.1. The van der Waals surface area contributed by atoms with Crippen LogP contribution in [0.3, 0.4) is 0 Å². The van der Waals surface area contributed by atoms with Crippen molar-refractivity contribution in [1.82, 2.24) is 14.9 Å². The summed E-state index contributed by atoms with van der Waals surface area (Å²) in [5.41, 5.74) is 1.16. The van der Waals surface area contributed by atoms with Crippen molar-refractivity contribution in [3.05, 3.63) is 21.4 Å². The van der Waals surface area contributed by atoms with E-state index in [9.17, 15) is 0 Å². The molecule has 1 unspecified atom stereocenters. The lowest BCUT2D eigenvalue weighted by Gasteiger charge is -2.21. The number of fused-ring (bicyclic) bond motifs is 1. The highest BCUT2D eigenvalue weighted by molar-refractivity contribution is 7.18. The van der Waals surface area contributed by atoms with Crippen molar-refractivity contribution in [2.45, 2.75) is 39.8 Å². The highest BCUT2D eigenvalue weighted by Crippen LogP contribution is 2.33. The summed E-state index contributed by atoms with van der Waals surface area (Å²) in [5, 5.41) is 10.2. The Hall–Kier alpha value is -1.22. The zero-order chi connectivity index (χ0) is 14.9. The molecule has 0 aliphatic heterocycles. The number of nitriles is 1. The van der Waals surface area contributed by atoms with E-state index < -0.39 is 0 Å². The van der Waals surface area contributed by atoms with E-state index in [1.54, 1.807) is 11.3 Å². The highest BCUT2D eigenvalue weighted by atomic mass is 35.5. The van der Waals surface area contributed by atoms with Crippen LogP contribution in [0.1, 0.15) is 29.6 Å². The maximum atomic E-state index is 8.74. The van der Waals surface area contributed by atoms with E-state index in [0.717, 1.165) is 15.8 Å². The van der Waals surface area contributed by atoms with Gasteiger partial charge in [0.1, 0.15) is 15.8 Å². The quantitative estimate of drug-likeness (QED) is 0.808. The van der Waals surface area contributed by atoms with Crippen molar-refractivity contribution >= 4 is 33.2 Å². The molecule has 0 saturated carbocycles. The van der Waals surface area contributed by atoms with E-state index in [1.165, 1.54) is 4.88 Å². The van der Waals surface area contributed by atoms with Gasteiger partial charge in [0.15, 0.2) is 0 Å². The smallest absolute Gasteiger partial charge is 0.145 e. The number of nitrogens with zero attached hydrogens (tertiary/aromatic N) is 4. The van der Waals surface area contributed by atoms with E-state index in [4.69, 9.17) is 16.9 Å². The third kappa shape index (κ3) is 2.93. The van der Waals surface area contributed by atoms with Crippen LogP contribution in [0.2, 0.25) is 5.15 Å². The van der Waals surface area contributed by atoms with Gasteiger partial charge in [0, 0.05) is 10.9 Å². The lowest BCUT2D eigenvalue weighted by Crippen LogP contribution is -2.29. The van der Waals surface area contributed by atoms with Gasteiger partial charge in [0.05, 0.1) is 24.4 Å². The Bertz CT molecular complexity index is 674. The largest absolute Gasteiger partial charge is 0.295 e. The van der Waals surface area contributed by atoms with Crippen LogP contribution in [-0.4, -0.2) is 28.0 Å². The number of thiophene rings is 1. The van der Waals surface area contributed by atoms with Crippen LogP contribution in [-0.2, 0) is 6.54 Å². The Labute approximate surface area is 128 Å². The Balaban J connectivity index is 2.31.